The number of anilines is 2. The maximum atomic E-state index is 12.3. The van der Waals surface area contributed by atoms with Crippen LogP contribution in [0.5, 0.6) is 0 Å². The Morgan fingerprint density at radius 2 is 1.58 bits per heavy atom. The molecule has 0 aliphatic heterocycles. The number of amides is 1. The van der Waals surface area contributed by atoms with Gasteiger partial charge in [-0.1, -0.05) is 18.2 Å². The number of nitrogens with one attached hydrogen (secondary N) is 2. The maximum Gasteiger partial charge on any atom is 0.264 e. The van der Waals surface area contributed by atoms with Crippen LogP contribution < -0.4 is 10.0 Å². The van der Waals surface area contributed by atoms with Crippen LogP contribution in [0.2, 0.25) is 0 Å². The molecule has 1 amide bonds. The molecule has 0 aliphatic carbocycles. The van der Waals surface area contributed by atoms with Gasteiger partial charge in [-0.2, -0.15) is 0 Å². The van der Waals surface area contributed by atoms with Crippen LogP contribution in [0.1, 0.15) is 15.9 Å². The molecule has 0 spiro atoms. The summed E-state index contributed by atoms with van der Waals surface area (Å²) in [6.45, 7) is 1.85. The van der Waals surface area contributed by atoms with E-state index in [9.17, 15) is 13.2 Å². The highest BCUT2D eigenvalue weighted by Gasteiger charge is 2.16. The second-order valence-corrected chi connectivity index (χ2v) is 7.15. The van der Waals surface area contributed by atoms with Crippen molar-refractivity contribution in [2.75, 3.05) is 10.0 Å². The number of nitrogens with zero attached hydrogens (tertiary/aromatic N) is 2. The molecular formula is C18H16N4O3S. The van der Waals surface area contributed by atoms with Crippen LogP contribution in [0.15, 0.2) is 71.9 Å². The molecule has 2 aromatic carbocycles. The molecule has 3 aromatic rings. The Morgan fingerprint density at radius 1 is 0.923 bits per heavy atom. The Bertz CT molecular complexity index is 1020. The molecule has 0 atom stereocenters. The Morgan fingerprint density at radius 3 is 2.23 bits per heavy atom. The minimum absolute atomic E-state index is 0.00979. The summed E-state index contributed by atoms with van der Waals surface area (Å²) in [7, 11) is -3.81. The van der Waals surface area contributed by atoms with E-state index in [0.717, 1.165) is 5.56 Å². The largest absolute Gasteiger partial charge is 0.322 e. The lowest BCUT2D eigenvalue weighted by Gasteiger charge is -2.09. The van der Waals surface area contributed by atoms with Crippen LogP contribution in [0.3, 0.4) is 0 Å². The average Bonchev–Trinajstić information content (AvgIpc) is 2.63. The molecule has 3 rings (SSSR count). The van der Waals surface area contributed by atoms with E-state index in [0.29, 0.717) is 11.3 Å². The van der Waals surface area contributed by atoms with Crippen LogP contribution in [0, 0.1) is 6.92 Å². The molecule has 8 heteroatoms. The summed E-state index contributed by atoms with van der Waals surface area (Å²) in [5, 5.41) is 2.75. The van der Waals surface area contributed by atoms with Gasteiger partial charge in [0.15, 0.2) is 0 Å². The fourth-order valence-electron chi connectivity index (χ4n) is 2.27. The molecule has 0 saturated carbocycles. The molecule has 1 aromatic heterocycles. The normalized spacial score (nSPS) is 11.0. The lowest BCUT2D eigenvalue weighted by molar-refractivity contribution is 0.102. The predicted molar refractivity (Wildman–Crippen MR) is 98.4 cm³/mol. The van der Waals surface area contributed by atoms with Crippen LogP contribution in [-0.4, -0.2) is 24.3 Å². The van der Waals surface area contributed by atoms with Crippen molar-refractivity contribution in [3.05, 3.63) is 78.1 Å². The van der Waals surface area contributed by atoms with E-state index in [4.69, 9.17) is 0 Å². The van der Waals surface area contributed by atoms with Crippen molar-refractivity contribution >= 4 is 27.6 Å². The van der Waals surface area contributed by atoms with Gasteiger partial charge in [0.25, 0.3) is 15.9 Å². The third-order valence-corrected chi connectivity index (χ3v) is 4.95. The molecule has 0 bridgehead atoms. The zero-order valence-corrected chi connectivity index (χ0v) is 14.7. The van der Waals surface area contributed by atoms with Gasteiger partial charge >= 0.3 is 0 Å². The molecule has 0 fully saturated rings. The number of rotatable bonds is 5. The average molecular weight is 368 g/mol. The highest BCUT2D eigenvalue weighted by Crippen LogP contribution is 2.17. The fourth-order valence-corrected chi connectivity index (χ4v) is 3.23. The Hall–Kier alpha value is -3.26. The van der Waals surface area contributed by atoms with Gasteiger partial charge in [0.1, 0.15) is 0 Å². The zero-order chi connectivity index (χ0) is 18.6. The number of aryl methyl sites for hydroxylation is 1. The van der Waals surface area contributed by atoms with E-state index in [1.54, 1.807) is 18.2 Å². The predicted octanol–water partition coefficient (Wildman–Crippen LogP) is 2.84. The number of sulfonamides is 1. The molecule has 0 unspecified atom stereocenters. The van der Waals surface area contributed by atoms with Crippen LogP contribution in [0.25, 0.3) is 0 Å². The van der Waals surface area contributed by atoms with Gasteiger partial charge in [0.05, 0.1) is 4.90 Å². The Kier molecular flexibility index (Phi) is 4.94. The third-order valence-electron chi connectivity index (χ3n) is 3.60. The van der Waals surface area contributed by atoms with Crippen LogP contribution in [-0.2, 0) is 10.0 Å². The van der Waals surface area contributed by atoms with E-state index in [2.05, 4.69) is 20.0 Å². The zero-order valence-electron chi connectivity index (χ0n) is 13.9. The molecule has 7 nitrogen and oxygen atoms in total. The summed E-state index contributed by atoms with van der Waals surface area (Å²) < 4.78 is 26.9. The third kappa shape index (κ3) is 4.04. The number of aromatic nitrogens is 2. The topological polar surface area (TPSA) is 101 Å². The maximum absolute atomic E-state index is 12.3. The number of carbonyl (C=O) groups is 1. The number of hydrogen-bond donors (Lipinski definition) is 2. The summed E-state index contributed by atoms with van der Waals surface area (Å²) in [4.78, 5) is 20.0. The fraction of sp³-hybridized carbons (Fsp3) is 0.0556. The molecule has 0 saturated heterocycles. The highest BCUT2D eigenvalue weighted by molar-refractivity contribution is 7.92. The van der Waals surface area contributed by atoms with E-state index in [-0.39, 0.29) is 16.8 Å². The Balaban J connectivity index is 1.74. The van der Waals surface area contributed by atoms with E-state index < -0.39 is 10.0 Å². The van der Waals surface area contributed by atoms with Crippen molar-refractivity contribution in [2.45, 2.75) is 11.8 Å². The van der Waals surface area contributed by atoms with Crippen molar-refractivity contribution in [3.63, 3.8) is 0 Å². The molecule has 132 valence electrons. The SMILES string of the molecule is Cc1ccccc1C(=O)Nc1ccc(S(=O)(=O)Nc2ncccn2)cc1. The van der Waals surface area contributed by atoms with Gasteiger partial charge < -0.3 is 5.32 Å². The van der Waals surface area contributed by atoms with Gasteiger partial charge in [-0.25, -0.2) is 23.1 Å². The van der Waals surface area contributed by atoms with Crippen molar-refractivity contribution in [1.82, 2.24) is 9.97 Å². The molecule has 2 N–H and O–H groups in total. The van der Waals surface area contributed by atoms with Gasteiger partial charge in [-0.05, 0) is 48.9 Å². The number of carbonyl (C=O) groups excluding carboxylic acids is 1. The van der Waals surface area contributed by atoms with Crippen molar-refractivity contribution < 1.29 is 13.2 Å². The smallest absolute Gasteiger partial charge is 0.264 e. The van der Waals surface area contributed by atoms with Crippen LogP contribution >= 0.6 is 0 Å². The van der Waals surface area contributed by atoms with E-state index in [1.807, 2.05) is 19.1 Å². The molecule has 26 heavy (non-hydrogen) atoms. The summed E-state index contributed by atoms with van der Waals surface area (Å²) in [6.07, 6.45) is 2.88. The van der Waals surface area contributed by atoms with E-state index >= 15 is 0 Å². The summed E-state index contributed by atoms with van der Waals surface area (Å²) in [6, 6.07) is 14.7. The first-order valence-corrected chi connectivity index (χ1v) is 9.21. The first-order valence-electron chi connectivity index (χ1n) is 7.72. The van der Waals surface area contributed by atoms with Crippen molar-refractivity contribution in [3.8, 4) is 0 Å². The van der Waals surface area contributed by atoms with Crippen LogP contribution in [0.4, 0.5) is 11.6 Å². The lowest BCUT2D eigenvalue weighted by Crippen LogP contribution is -2.15. The molecular weight excluding hydrogens is 352 g/mol. The second kappa shape index (κ2) is 7.32. The number of hydrogen-bond acceptors (Lipinski definition) is 5. The summed E-state index contributed by atoms with van der Waals surface area (Å²) >= 11 is 0. The lowest BCUT2D eigenvalue weighted by atomic mass is 10.1. The number of benzene rings is 2. The minimum Gasteiger partial charge on any atom is -0.322 e. The minimum atomic E-state index is -3.81. The van der Waals surface area contributed by atoms with Gasteiger partial charge in [-0.3, -0.25) is 4.79 Å². The van der Waals surface area contributed by atoms with Crippen molar-refractivity contribution in [2.24, 2.45) is 0 Å². The first-order chi connectivity index (χ1) is 12.5. The molecule has 1 heterocycles. The summed E-state index contributed by atoms with van der Waals surface area (Å²) in [5.74, 6) is -0.265. The van der Waals surface area contributed by atoms with Crippen molar-refractivity contribution in [1.29, 1.82) is 0 Å². The highest BCUT2D eigenvalue weighted by atomic mass is 32.2. The van der Waals surface area contributed by atoms with Gasteiger partial charge in [0, 0.05) is 23.6 Å². The van der Waals surface area contributed by atoms with Gasteiger partial charge in [-0.15, -0.1) is 0 Å². The summed E-state index contributed by atoms with van der Waals surface area (Å²) in [5.41, 5.74) is 1.91. The molecule has 0 aliphatic rings. The first kappa shape index (κ1) is 17.6. The Labute approximate surface area is 151 Å². The van der Waals surface area contributed by atoms with E-state index in [1.165, 1.54) is 36.7 Å². The monoisotopic (exact) mass is 368 g/mol. The standard InChI is InChI=1S/C18H16N4O3S/c1-13-5-2-3-6-16(13)17(23)21-14-7-9-15(10-8-14)26(24,25)22-18-19-11-4-12-20-18/h2-12H,1H3,(H,21,23)(H,19,20,22). The second-order valence-electron chi connectivity index (χ2n) is 5.47. The quantitative estimate of drug-likeness (QED) is 0.721. The molecule has 0 radical (unpaired) electrons. The van der Waals surface area contributed by atoms with Gasteiger partial charge in [0.2, 0.25) is 5.95 Å².